The SMILES string of the molecule is COc1cc(C(=O)Nn2cnc3ccccc32)c([N+](=O)[O-])cc1OCc1cscn1. The van der Waals surface area contributed by atoms with Gasteiger partial charge in [-0.2, -0.15) is 0 Å². The lowest BCUT2D eigenvalue weighted by Gasteiger charge is -2.13. The number of ether oxygens (including phenoxy) is 2. The molecule has 1 amide bonds. The highest BCUT2D eigenvalue weighted by Crippen LogP contribution is 2.35. The lowest BCUT2D eigenvalue weighted by Crippen LogP contribution is -2.23. The minimum atomic E-state index is -0.686. The number of para-hydroxylation sites is 2. The fourth-order valence-electron chi connectivity index (χ4n) is 2.83. The molecule has 152 valence electrons. The molecule has 0 bridgehead atoms. The van der Waals surface area contributed by atoms with Crippen molar-refractivity contribution in [3.63, 3.8) is 0 Å². The van der Waals surface area contributed by atoms with Crippen molar-refractivity contribution >= 4 is 34.0 Å². The van der Waals surface area contributed by atoms with Gasteiger partial charge < -0.3 is 9.47 Å². The minimum Gasteiger partial charge on any atom is -0.493 e. The molecule has 0 saturated carbocycles. The fourth-order valence-corrected chi connectivity index (χ4v) is 3.38. The molecule has 0 aliphatic carbocycles. The van der Waals surface area contributed by atoms with E-state index in [2.05, 4.69) is 15.4 Å². The van der Waals surface area contributed by atoms with Crippen molar-refractivity contribution < 1.29 is 19.2 Å². The Morgan fingerprint density at radius 3 is 2.83 bits per heavy atom. The number of rotatable bonds is 7. The Morgan fingerprint density at radius 2 is 2.10 bits per heavy atom. The Morgan fingerprint density at radius 1 is 1.27 bits per heavy atom. The lowest BCUT2D eigenvalue weighted by atomic mass is 10.1. The third kappa shape index (κ3) is 3.78. The van der Waals surface area contributed by atoms with Crippen LogP contribution in [0.4, 0.5) is 5.69 Å². The number of nitrogens with one attached hydrogen (secondary N) is 1. The van der Waals surface area contributed by atoms with Crippen LogP contribution >= 0.6 is 11.3 Å². The molecule has 2 aromatic carbocycles. The predicted molar refractivity (Wildman–Crippen MR) is 110 cm³/mol. The van der Waals surface area contributed by atoms with E-state index in [0.717, 1.165) is 0 Å². The molecule has 0 radical (unpaired) electrons. The van der Waals surface area contributed by atoms with E-state index >= 15 is 0 Å². The summed E-state index contributed by atoms with van der Waals surface area (Å²) in [6, 6.07) is 9.63. The van der Waals surface area contributed by atoms with E-state index < -0.39 is 16.5 Å². The third-order valence-electron chi connectivity index (χ3n) is 4.26. The Labute approximate surface area is 173 Å². The number of carbonyl (C=O) groups is 1. The molecule has 30 heavy (non-hydrogen) atoms. The molecule has 4 rings (SSSR count). The van der Waals surface area contributed by atoms with Crippen LogP contribution in [0.3, 0.4) is 0 Å². The van der Waals surface area contributed by atoms with Crippen LogP contribution in [-0.4, -0.2) is 32.6 Å². The second-order valence-corrected chi connectivity index (χ2v) is 6.81. The Hall–Kier alpha value is -3.99. The molecule has 10 nitrogen and oxygen atoms in total. The number of thiazole rings is 1. The number of amides is 1. The maximum atomic E-state index is 12.8. The van der Waals surface area contributed by atoms with Crippen molar-refractivity contribution in [2.24, 2.45) is 0 Å². The van der Waals surface area contributed by atoms with Crippen molar-refractivity contribution in [3.8, 4) is 11.5 Å². The number of nitrogens with zero attached hydrogens (tertiary/aromatic N) is 4. The van der Waals surface area contributed by atoms with E-state index in [4.69, 9.17) is 9.47 Å². The lowest BCUT2D eigenvalue weighted by molar-refractivity contribution is -0.385. The van der Waals surface area contributed by atoms with Gasteiger partial charge in [-0.15, -0.1) is 11.3 Å². The van der Waals surface area contributed by atoms with Crippen LogP contribution in [0.5, 0.6) is 11.5 Å². The normalized spacial score (nSPS) is 10.7. The number of hydrogen-bond acceptors (Lipinski definition) is 8. The number of nitro benzene ring substituents is 1. The van der Waals surface area contributed by atoms with Crippen LogP contribution in [0.15, 0.2) is 53.6 Å². The van der Waals surface area contributed by atoms with E-state index in [1.54, 1.807) is 29.1 Å². The number of carbonyl (C=O) groups excluding carboxylic acids is 1. The molecule has 0 saturated heterocycles. The zero-order valence-corrected chi connectivity index (χ0v) is 16.5. The molecule has 0 aliphatic rings. The smallest absolute Gasteiger partial charge is 0.286 e. The van der Waals surface area contributed by atoms with Crippen molar-refractivity contribution in [2.45, 2.75) is 6.61 Å². The van der Waals surface area contributed by atoms with Gasteiger partial charge in [-0.3, -0.25) is 20.3 Å². The van der Waals surface area contributed by atoms with Crippen molar-refractivity contribution in [1.82, 2.24) is 14.6 Å². The number of methoxy groups -OCH3 is 1. The molecule has 0 fully saturated rings. The molecule has 4 aromatic rings. The first-order chi connectivity index (χ1) is 14.6. The van der Waals surface area contributed by atoms with Gasteiger partial charge in [-0.1, -0.05) is 12.1 Å². The van der Waals surface area contributed by atoms with E-state index in [1.165, 1.54) is 41.6 Å². The first-order valence-electron chi connectivity index (χ1n) is 8.66. The third-order valence-corrected chi connectivity index (χ3v) is 4.89. The van der Waals surface area contributed by atoms with Crippen LogP contribution in [0.25, 0.3) is 11.0 Å². The van der Waals surface area contributed by atoms with Crippen LogP contribution < -0.4 is 14.9 Å². The minimum absolute atomic E-state index is 0.115. The molecule has 1 N–H and O–H groups in total. The Kier molecular flexibility index (Phi) is 5.26. The molecule has 0 aliphatic heterocycles. The van der Waals surface area contributed by atoms with E-state index in [1.807, 2.05) is 6.07 Å². The quantitative estimate of drug-likeness (QED) is 0.356. The molecule has 0 unspecified atom stereocenters. The van der Waals surface area contributed by atoms with Crippen molar-refractivity contribution in [3.05, 3.63) is 75.0 Å². The summed E-state index contributed by atoms with van der Waals surface area (Å²) >= 11 is 1.41. The van der Waals surface area contributed by atoms with Gasteiger partial charge in [-0.05, 0) is 12.1 Å². The number of fused-ring (bicyclic) bond motifs is 1. The van der Waals surface area contributed by atoms with Gasteiger partial charge in [0, 0.05) is 11.4 Å². The fraction of sp³-hybridized carbons (Fsp3) is 0.105. The summed E-state index contributed by atoms with van der Waals surface area (Å²) in [5.41, 5.74) is 5.70. The number of hydrogen-bond donors (Lipinski definition) is 1. The first kappa shape index (κ1) is 19.3. The average molecular weight is 425 g/mol. The molecule has 11 heteroatoms. The highest BCUT2D eigenvalue weighted by Gasteiger charge is 2.25. The molecular weight excluding hydrogens is 410 g/mol. The summed E-state index contributed by atoms with van der Waals surface area (Å²) in [4.78, 5) is 32.1. The molecule has 0 atom stereocenters. The maximum Gasteiger partial charge on any atom is 0.286 e. The zero-order chi connectivity index (χ0) is 21.1. The van der Waals surface area contributed by atoms with Crippen LogP contribution in [0.2, 0.25) is 0 Å². The van der Waals surface area contributed by atoms with Gasteiger partial charge in [0.05, 0.1) is 40.3 Å². The second kappa shape index (κ2) is 8.17. The van der Waals surface area contributed by atoms with Gasteiger partial charge in [0.1, 0.15) is 18.5 Å². The summed E-state index contributed by atoms with van der Waals surface area (Å²) in [5, 5.41) is 13.4. The number of benzene rings is 2. The van der Waals surface area contributed by atoms with Gasteiger partial charge >= 0.3 is 0 Å². The largest absolute Gasteiger partial charge is 0.493 e. The molecule has 2 aromatic heterocycles. The summed E-state index contributed by atoms with van der Waals surface area (Å²) in [5.74, 6) is -0.354. The monoisotopic (exact) mass is 425 g/mol. The zero-order valence-electron chi connectivity index (χ0n) is 15.6. The van der Waals surface area contributed by atoms with Gasteiger partial charge in [0.25, 0.3) is 11.6 Å². The topological polar surface area (TPSA) is 121 Å². The predicted octanol–water partition coefficient (Wildman–Crippen LogP) is 3.37. The standard InChI is InChI=1S/C19H15N5O5S/c1-28-17-6-13(19(25)22-23-10-20-14-4-2-3-5-15(14)23)16(24(26)27)7-18(17)29-8-12-9-30-11-21-12/h2-7,9-11H,8H2,1H3,(H,22,25). The van der Waals surface area contributed by atoms with E-state index in [9.17, 15) is 14.9 Å². The Bertz CT molecular complexity index is 1220. The summed E-state index contributed by atoms with van der Waals surface area (Å²) in [7, 11) is 1.39. The maximum absolute atomic E-state index is 12.8. The number of aromatic nitrogens is 3. The highest BCUT2D eigenvalue weighted by molar-refractivity contribution is 7.07. The van der Waals surface area contributed by atoms with E-state index in [-0.39, 0.29) is 23.7 Å². The van der Waals surface area contributed by atoms with Gasteiger partial charge in [-0.25, -0.2) is 14.6 Å². The van der Waals surface area contributed by atoms with Gasteiger partial charge in [0.15, 0.2) is 11.5 Å². The number of nitro groups is 1. The van der Waals surface area contributed by atoms with Gasteiger partial charge in [0.2, 0.25) is 0 Å². The first-order valence-corrected chi connectivity index (χ1v) is 9.61. The molecule has 2 heterocycles. The van der Waals surface area contributed by atoms with Crippen molar-refractivity contribution in [2.75, 3.05) is 12.5 Å². The number of imidazole rings is 1. The van der Waals surface area contributed by atoms with E-state index in [0.29, 0.717) is 16.7 Å². The summed E-state index contributed by atoms with van der Waals surface area (Å²) in [6.07, 6.45) is 1.43. The van der Waals surface area contributed by atoms with Crippen molar-refractivity contribution in [1.29, 1.82) is 0 Å². The Balaban J connectivity index is 1.65. The summed E-state index contributed by atoms with van der Waals surface area (Å²) in [6.45, 7) is 0.115. The second-order valence-electron chi connectivity index (χ2n) is 6.09. The molecular formula is C19H15N5O5S. The highest BCUT2D eigenvalue weighted by atomic mass is 32.1. The van der Waals surface area contributed by atoms with Crippen LogP contribution in [0.1, 0.15) is 16.1 Å². The van der Waals surface area contributed by atoms with Crippen LogP contribution in [-0.2, 0) is 6.61 Å². The molecule has 0 spiro atoms. The summed E-state index contributed by atoms with van der Waals surface area (Å²) < 4.78 is 12.3. The van der Waals surface area contributed by atoms with Crippen LogP contribution in [0, 0.1) is 10.1 Å². The average Bonchev–Trinajstić information content (AvgIpc) is 3.42.